The molecule has 1 saturated heterocycles. The van der Waals surface area contributed by atoms with Gasteiger partial charge in [0.2, 0.25) is 15.0 Å². The fraction of sp³-hybridized carbons (Fsp3) is 0.833. The van der Waals surface area contributed by atoms with Crippen LogP contribution in [0.1, 0.15) is 6.42 Å². The van der Waals surface area contributed by atoms with E-state index in [2.05, 4.69) is 0 Å². The smallest absolute Gasteiger partial charge is 0.255 e. The van der Waals surface area contributed by atoms with E-state index >= 15 is 0 Å². The average molecular weight is 248 g/mol. The van der Waals surface area contributed by atoms with Gasteiger partial charge in [0.1, 0.15) is 5.25 Å². The van der Waals surface area contributed by atoms with Crippen molar-refractivity contribution < 1.29 is 22.0 Å². The zero-order valence-electron chi connectivity index (χ0n) is 6.99. The van der Waals surface area contributed by atoms with Crippen molar-refractivity contribution in [3.63, 3.8) is 0 Å². The Morgan fingerprint density at radius 3 is 2.50 bits per heavy atom. The number of nitrogens with zero attached hydrogens (tertiary/aromatic N) is 1. The van der Waals surface area contributed by atoms with Crippen LogP contribution in [0.4, 0.5) is 8.78 Å². The maximum Gasteiger partial charge on any atom is 0.255 e. The predicted molar refractivity (Wildman–Crippen MR) is 45.8 cm³/mol. The van der Waals surface area contributed by atoms with Gasteiger partial charge in [0.05, 0.1) is 6.54 Å². The van der Waals surface area contributed by atoms with Crippen molar-refractivity contribution >= 4 is 25.6 Å². The van der Waals surface area contributed by atoms with Crippen LogP contribution in [-0.4, -0.2) is 44.0 Å². The molecule has 0 radical (unpaired) electrons. The lowest BCUT2D eigenvalue weighted by molar-refractivity contribution is -0.129. The van der Waals surface area contributed by atoms with Gasteiger partial charge in [-0.15, -0.1) is 0 Å². The van der Waals surface area contributed by atoms with E-state index in [1.54, 1.807) is 0 Å². The van der Waals surface area contributed by atoms with Crippen LogP contribution in [-0.2, 0) is 13.8 Å². The second-order valence-electron chi connectivity index (χ2n) is 2.99. The minimum absolute atomic E-state index is 0.241. The zero-order chi connectivity index (χ0) is 10.9. The lowest BCUT2D eigenvalue weighted by atomic mass is 10.4. The van der Waals surface area contributed by atoms with Crippen molar-refractivity contribution in [3.8, 4) is 0 Å². The number of amides is 1. The predicted octanol–water partition coefficient (Wildman–Crippen LogP) is 0.421. The third-order valence-corrected chi connectivity index (χ3v) is 3.80. The number of rotatable bonds is 3. The molecule has 1 rings (SSSR count). The van der Waals surface area contributed by atoms with Crippen LogP contribution in [0.2, 0.25) is 0 Å². The fourth-order valence-electron chi connectivity index (χ4n) is 1.27. The fourth-order valence-corrected chi connectivity index (χ4v) is 2.33. The minimum atomic E-state index is -3.84. The lowest BCUT2D eigenvalue weighted by Crippen LogP contribution is -2.31. The Morgan fingerprint density at radius 1 is 1.57 bits per heavy atom. The summed E-state index contributed by atoms with van der Waals surface area (Å²) in [6.07, 6.45) is -2.96. The van der Waals surface area contributed by atoms with Crippen molar-refractivity contribution in [2.24, 2.45) is 0 Å². The minimum Gasteiger partial charge on any atom is -0.336 e. The maximum atomic E-state index is 11.9. The Balaban J connectivity index is 2.65. The van der Waals surface area contributed by atoms with Gasteiger partial charge < -0.3 is 4.90 Å². The second kappa shape index (κ2) is 3.98. The third kappa shape index (κ3) is 2.78. The van der Waals surface area contributed by atoms with E-state index in [1.165, 1.54) is 0 Å². The molecule has 14 heavy (non-hydrogen) atoms. The molecule has 82 valence electrons. The number of likely N-dealkylation sites (tertiary alicyclic amines) is 1. The van der Waals surface area contributed by atoms with Crippen LogP contribution >= 0.6 is 10.7 Å². The Morgan fingerprint density at radius 2 is 2.14 bits per heavy atom. The van der Waals surface area contributed by atoms with Gasteiger partial charge in [0, 0.05) is 23.6 Å². The monoisotopic (exact) mass is 247 g/mol. The van der Waals surface area contributed by atoms with Crippen molar-refractivity contribution in [3.05, 3.63) is 0 Å². The van der Waals surface area contributed by atoms with Gasteiger partial charge in [-0.2, -0.15) is 0 Å². The van der Waals surface area contributed by atoms with E-state index in [0.717, 1.165) is 4.90 Å². The number of halogens is 3. The number of alkyl halides is 2. The summed E-state index contributed by atoms with van der Waals surface area (Å²) in [6, 6.07) is 0. The summed E-state index contributed by atoms with van der Waals surface area (Å²) in [4.78, 5) is 11.9. The molecule has 0 N–H and O–H groups in total. The highest BCUT2D eigenvalue weighted by Crippen LogP contribution is 2.21. The number of carbonyl (C=O) groups is 1. The third-order valence-electron chi connectivity index (χ3n) is 1.94. The first-order valence-corrected chi connectivity index (χ1v) is 6.17. The largest absolute Gasteiger partial charge is 0.336 e. The van der Waals surface area contributed by atoms with Gasteiger partial charge >= 0.3 is 0 Å². The first-order chi connectivity index (χ1) is 6.30. The molecule has 0 aromatic rings. The number of hydrogen-bond acceptors (Lipinski definition) is 3. The van der Waals surface area contributed by atoms with E-state index in [4.69, 9.17) is 10.7 Å². The van der Waals surface area contributed by atoms with E-state index in [0.29, 0.717) is 0 Å². The molecule has 1 aliphatic rings. The van der Waals surface area contributed by atoms with E-state index in [9.17, 15) is 22.0 Å². The van der Waals surface area contributed by atoms with Gasteiger partial charge in [0.25, 0.3) is 6.43 Å². The molecule has 0 aromatic carbocycles. The maximum absolute atomic E-state index is 11.9. The highest BCUT2D eigenvalue weighted by atomic mass is 35.7. The first-order valence-electron chi connectivity index (χ1n) is 3.80. The normalized spacial score (nSPS) is 23.6. The molecule has 1 aliphatic heterocycles. The highest BCUT2D eigenvalue weighted by molar-refractivity contribution is 8.14. The molecule has 1 amide bonds. The van der Waals surface area contributed by atoms with E-state index in [-0.39, 0.29) is 13.0 Å². The summed E-state index contributed by atoms with van der Waals surface area (Å²) < 4.78 is 45.4. The highest BCUT2D eigenvalue weighted by Gasteiger charge is 2.37. The van der Waals surface area contributed by atoms with Gasteiger partial charge in [-0.25, -0.2) is 17.2 Å². The molecule has 1 fully saturated rings. The Hall–Kier alpha value is -0.430. The van der Waals surface area contributed by atoms with Crippen molar-refractivity contribution in [1.29, 1.82) is 0 Å². The van der Waals surface area contributed by atoms with Crippen molar-refractivity contribution in [1.82, 2.24) is 4.90 Å². The van der Waals surface area contributed by atoms with Crippen LogP contribution in [0.3, 0.4) is 0 Å². The molecule has 4 nitrogen and oxygen atoms in total. The summed E-state index contributed by atoms with van der Waals surface area (Å²) in [5.41, 5.74) is 0. The standard InChI is InChI=1S/C6H8ClF2NO3S/c7-14(12,13)4-1-6(11)10(2-4)3-5(8)9/h4-5H,1-3H2. The molecule has 0 aromatic heterocycles. The van der Waals surface area contributed by atoms with E-state index < -0.39 is 33.2 Å². The van der Waals surface area contributed by atoms with Crippen LogP contribution in [0, 0.1) is 0 Å². The van der Waals surface area contributed by atoms with Gasteiger partial charge in [-0.1, -0.05) is 0 Å². The summed E-state index contributed by atoms with van der Waals surface area (Å²) in [5.74, 6) is -0.598. The molecule has 0 bridgehead atoms. The lowest BCUT2D eigenvalue weighted by Gasteiger charge is -2.14. The molecular formula is C6H8ClF2NO3S. The van der Waals surface area contributed by atoms with Gasteiger partial charge in [-0.05, 0) is 0 Å². The zero-order valence-corrected chi connectivity index (χ0v) is 8.56. The van der Waals surface area contributed by atoms with Gasteiger partial charge in [0.15, 0.2) is 0 Å². The Kier molecular flexibility index (Phi) is 3.31. The first kappa shape index (κ1) is 11.6. The molecule has 1 heterocycles. The summed E-state index contributed by atoms with van der Waals surface area (Å²) in [7, 11) is 1.17. The molecule has 0 aliphatic carbocycles. The Labute approximate surface area is 84.2 Å². The molecule has 1 atom stereocenters. The van der Waals surface area contributed by atoms with Crippen molar-refractivity contribution in [2.45, 2.75) is 18.1 Å². The van der Waals surface area contributed by atoms with E-state index in [1.807, 2.05) is 0 Å². The SMILES string of the molecule is O=C1CC(S(=O)(=O)Cl)CN1CC(F)F. The van der Waals surface area contributed by atoms with Crippen LogP contribution in [0.15, 0.2) is 0 Å². The molecule has 8 heteroatoms. The average Bonchev–Trinajstić information content (AvgIpc) is 2.30. The molecule has 1 unspecified atom stereocenters. The second-order valence-corrected chi connectivity index (χ2v) is 5.90. The topological polar surface area (TPSA) is 54.5 Å². The van der Waals surface area contributed by atoms with Crippen LogP contribution in [0.25, 0.3) is 0 Å². The molecule has 0 saturated carbocycles. The molecular weight excluding hydrogens is 240 g/mol. The van der Waals surface area contributed by atoms with Crippen LogP contribution < -0.4 is 0 Å². The van der Waals surface area contributed by atoms with Gasteiger partial charge in [-0.3, -0.25) is 4.79 Å². The van der Waals surface area contributed by atoms with Crippen LogP contribution in [0.5, 0.6) is 0 Å². The van der Waals surface area contributed by atoms with Crippen molar-refractivity contribution in [2.75, 3.05) is 13.1 Å². The Bertz CT molecular complexity index is 332. The number of hydrogen-bond donors (Lipinski definition) is 0. The molecule has 0 spiro atoms. The summed E-state index contributed by atoms with van der Waals surface area (Å²) in [5, 5.41) is -1.06. The summed E-state index contributed by atoms with van der Waals surface area (Å²) in [6.45, 7) is -0.975. The summed E-state index contributed by atoms with van der Waals surface area (Å²) >= 11 is 0. The number of carbonyl (C=O) groups excluding carboxylic acids is 1. The quantitative estimate of drug-likeness (QED) is 0.680.